The van der Waals surface area contributed by atoms with Gasteiger partial charge in [0.2, 0.25) is 5.95 Å². The molecule has 2 N–H and O–H groups in total. The van der Waals surface area contributed by atoms with E-state index < -0.39 is 0 Å². The number of aryl methyl sites for hydroxylation is 2. The predicted molar refractivity (Wildman–Crippen MR) is 102 cm³/mol. The van der Waals surface area contributed by atoms with Crippen molar-refractivity contribution < 1.29 is 9.53 Å². The number of benzene rings is 2. The van der Waals surface area contributed by atoms with Crippen molar-refractivity contribution in [2.75, 3.05) is 17.7 Å². The summed E-state index contributed by atoms with van der Waals surface area (Å²) in [6.45, 7) is 3.84. The third-order valence-corrected chi connectivity index (χ3v) is 3.71. The van der Waals surface area contributed by atoms with E-state index in [9.17, 15) is 4.79 Å². The summed E-state index contributed by atoms with van der Waals surface area (Å²) in [4.78, 5) is 21.2. The van der Waals surface area contributed by atoms with Crippen LogP contribution in [0.2, 0.25) is 0 Å². The van der Waals surface area contributed by atoms with Gasteiger partial charge >= 0.3 is 0 Å². The number of hydrogen-bond donors (Lipinski definition) is 2. The molecule has 0 aliphatic rings. The zero-order valence-electron chi connectivity index (χ0n) is 14.9. The monoisotopic (exact) mass is 348 g/mol. The molecule has 1 amide bonds. The Bertz CT molecular complexity index is 923. The molecular weight excluding hydrogens is 328 g/mol. The smallest absolute Gasteiger partial charge is 0.274 e. The fraction of sp³-hybridized carbons (Fsp3) is 0.150. The molecule has 0 radical (unpaired) electrons. The summed E-state index contributed by atoms with van der Waals surface area (Å²) < 4.78 is 5.11. The average molecular weight is 348 g/mol. The van der Waals surface area contributed by atoms with Crippen molar-refractivity contribution in [2.24, 2.45) is 0 Å². The maximum absolute atomic E-state index is 12.5. The Morgan fingerprint density at radius 1 is 0.962 bits per heavy atom. The fourth-order valence-electron chi connectivity index (χ4n) is 2.46. The highest BCUT2D eigenvalue weighted by molar-refractivity contribution is 6.03. The minimum absolute atomic E-state index is 0.295. The largest absolute Gasteiger partial charge is 0.497 e. The number of amides is 1. The van der Waals surface area contributed by atoms with Gasteiger partial charge in [-0.05, 0) is 61.9 Å². The van der Waals surface area contributed by atoms with Gasteiger partial charge in [-0.25, -0.2) is 9.97 Å². The van der Waals surface area contributed by atoms with E-state index in [2.05, 4.69) is 20.6 Å². The Morgan fingerprint density at radius 3 is 2.42 bits per heavy atom. The Morgan fingerprint density at radius 2 is 1.73 bits per heavy atom. The summed E-state index contributed by atoms with van der Waals surface area (Å²) >= 11 is 0. The second-order valence-corrected chi connectivity index (χ2v) is 5.90. The molecule has 0 aliphatic carbocycles. The maximum atomic E-state index is 12.5. The average Bonchev–Trinajstić information content (AvgIpc) is 2.62. The van der Waals surface area contributed by atoms with Gasteiger partial charge in [0, 0.05) is 17.1 Å². The number of nitrogens with one attached hydrogen (secondary N) is 2. The van der Waals surface area contributed by atoms with Gasteiger partial charge in [0.15, 0.2) is 0 Å². The van der Waals surface area contributed by atoms with Crippen molar-refractivity contribution in [1.82, 2.24) is 9.97 Å². The van der Waals surface area contributed by atoms with Crippen LogP contribution >= 0.6 is 0 Å². The van der Waals surface area contributed by atoms with Gasteiger partial charge in [0.25, 0.3) is 5.91 Å². The van der Waals surface area contributed by atoms with Crippen LogP contribution in [0.25, 0.3) is 0 Å². The number of carbonyl (C=O) groups excluding carboxylic acids is 1. The lowest BCUT2D eigenvalue weighted by Crippen LogP contribution is -2.15. The minimum Gasteiger partial charge on any atom is -0.497 e. The van der Waals surface area contributed by atoms with Crippen LogP contribution in [0.3, 0.4) is 0 Å². The molecule has 6 nitrogen and oxygen atoms in total. The van der Waals surface area contributed by atoms with Gasteiger partial charge in [-0.1, -0.05) is 12.1 Å². The molecule has 132 valence electrons. The maximum Gasteiger partial charge on any atom is 0.274 e. The number of anilines is 3. The zero-order valence-corrected chi connectivity index (χ0v) is 14.9. The number of carbonyl (C=O) groups is 1. The van der Waals surface area contributed by atoms with Gasteiger partial charge < -0.3 is 15.4 Å². The predicted octanol–water partition coefficient (Wildman–Crippen LogP) is 4.10. The first-order chi connectivity index (χ1) is 12.5. The molecule has 26 heavy (non-hydrogen) atoms. The van der Waals surface area contributed by atoms with Crippen LogP contribution in [-0.4, -0.2) is 23.0 Å². The molecule has 1 heterocycles. The number of ether oxygens (including phenoxy) is 1. The highest BCUT2D eigenvalue weighted by Gasteiger charge is 2.11. The lowest BCUT2D eigenvalue weighted by molar-refractivity contribution is 0.102. The summed E-state index contributed by atoms with van der Waals surface area (Å²) in [5.74, 6) is 0.814. The highest BCUT2D eigenvalue weighted by Crippen LogP contribution is 2.18. The molecule has 6 heteroatoms. The van der Waals surface area contributed by atoms with Gasteiger partial charge in [-0.15, -0.1) is 0 Å². The van der Waals surface area contributed by atoms with Crippen molar-refractivity contribution >= 4 is 23.2 Å². The van der Waals surface area contributed by atoms with Crippen LogP contribution in [0.1, 0.15) is 21.7 Å². The Hall–Kier alpha value is -3.41. The summed E-state index contributed by atoms with van der Waals surface area (Å²) in [6.07, 6.45) is 0. The molecule has 3 rings (SSSR count). The van der Waals surface area contributed by atoms with Crippen LogP contribution in [-0.2, 0) is 0 Å². The normalized spacial score (nSPS) is 10.3. The molecule has 0 saturated heterocycles. The van der Waals surface area contributed by atoms with E-state index >= 15 is 0 Å². The van der Waals surface area contributed by atoms with Gasteiger partial charge in [0.05, 0.1) is 7.11 Å². The summed E-state index contributed by atoms with van der Waals surface area (Å²) in [5, 5.41) is 5.97. The van der Waals surface area contributed by atoms with Crippen molar-refractivity contribution in [2.45, 2.75) is 13.8 Å². The lowest BCUT2D eigenvalue weighted by atomic mass is 10.2. The standard InChI is InChI=1S/C20H20N4O2/c1-13-5-4-6-16(11-13)23-20-21-14(2)12-18(24-20)19(25)22-15-7-9-17(26-3)10-8-15/h4-12H,1-3H3,(H,22,25)(H,21,23,24). The molecule has 2 aromatic carbocycles. The van der Waals surface area contributed by atoms with Gasteiger partial charge in [-0.3, -0.25) is 4.79 Å². The molecule has 0 spiro atoms. The number of rotatable bonds is 5. The Balaban J connectivity index is 1.78. The van der Waals surface area contributed by atoms with E-state index in [0.717, 1.165) is 17.0 Å². The van der Waals surface area contributed by atoms with E-state index in [1.807, 2.05) is 38.1 Å². The number of aromatic nitrogens is 2. The number of methoxy groups -OCH3 is 1. The van der Waals surface area contributed by atoms with Gasteiger partial charge in [-0.2, -0.15) is 0 Å². The van der Waals surface area contributed by atoms with Crippen LogP contribution < -0.4 is 15.4 Å². The van der Waals surface area contributed by atoms with E-state index in [1.165, 1.54) is 0 Å². The molecule has 0 aliphatic heterocycles. The zero-order chi connectivity index (χ0) is 18.5. The first-order valence-corrected chi connectivity index (χ1v) is 8.18. The molecule has 0 fully saturated rings. The Labute approximate surface area is 152 Å². The third kappa shape index (κ3) is 4.36. The first-order valence-electron chi connectivity index (χ1n) is 8.18. The van der Waals surface area contributed by atoms with E-state index in [0.29, 0.717) is 23.0 Å². The quantitative estimate of drug-likeness (QED) is 0.726. The van der Waals surface area contributed by atoms with Crippen molar-refractivity contribution in [3.8, 4) is 5.75 Å². The number of hydrogen-bond acceptors (Lipinski definition) is 5. The van der Waals surface area contributed by atoms with Crippen molar-refractivity contribution in [3.05, 3.63) is 71.5 Å². The topological polar surface area (TPSA) is 76.1 Å². The molecule has 0 saturated carbocycles. The molecular formula is C20H20N4O2. The molecule has 0 unspecified atom stereocenters. The minimum atomic E-state index is -0.298. The highest BCUT2D eigenvalue weighted by atomic mass is 16.5. The second kappa shape index (κ2) is 7.65. The molecule has 3 aromatic rings. The van der Waals surface area contributed by atoms with Crippen molar-refractivity contribution in [1.29, 1.82) is 0 Å². The Kier molecular flexibility index (Phi) is 5.12. The lowest BCUT2D eigenvalue weighted by Gasteiger charge is -2.09. The fourth-order valence-corrected chi connectivity index (χ4v) is 2.46. The van der Waals surface area contributed by atoms with Crippen LogP contribution in [0, 0.1) is 13.8 Å². The summed E-state index contributed by atoms with van der Waals surface area (Å²) in [7, 11) is 1.60. The SMILES string of the molecule is COc1ccc(NC(=O)c2cc(C)nc(Nc3cccc(C)c3)n2)cc1. The van der Waals surface area contributed by atoms with Gasteiger partial charge in [0.1, 0.15) is 11.4 Å². The van der Waals surface area contributed by atoms with Crippen LogP contribution in [0.15, 0.2) is 54.6 Å². The molecule has 1 aromatic heterocycles. The third-order valence-electron chi connectivity index (χ3n) is 3.71. The van der Waals surface area contributed by atoms with E-state index in [-0.39, 0.29) is 5.91 Å². The van der Waals surface area contributed by atoms with Crippen LogP contribution in [0.4, 0.5) is 17.3 Å². The second-order valence-electron chi connectivity index (χ2n) is 5.90. The van der Waals surface area contributed by atoms with Crippen LogP contribution in [0.5, 0.6) is 5.75 Å². The van der Waals surface area contributed by atoms with E-state index in [1.54, 1.807) is 37.4 Å². The van der Waals surface area contributed by atoms with Crippen molar-refractivity contribution in [3.63, 3.8) is 0 Å². The molecule has 0 atom stereocenters. The van der Waals surface area contributed by atoms with E-state index in [4.69, 9.17) is 4.74 Å². The molecule has 0 bridgehead atoms. The first kappa shape index (κ1) is 17.4. The summed E-state index contributed by atoms with van der Waals surface area (Å²) in [5.41, 5.74) is 3.66. The summed E-state index contributed by atoms with van der Waals surface area (Å²) in [6, 6.07) is 16.6. The number of nitrogens with zero attached hydrogens (tertiary/aromatic N) is 2.